The molecule has 7 heteroatoms. The van der Waals surface area contributed by atoms with Crippen molar-refractivity contribution in [3.63, 3.8) is 0 Å². The normalized spacial score (nSPS) is 14.5. The van der Waals surface area contributed by atoms with Crippen LogP contribution in [0.5, 0.6) is 0 Å². The predicted octanol–water partition coefficient (Wildman–Crippen LogP) is 1.74. The first-order valence-electron chi connectivity index (χ1n) is 7.90. The Balaban J connectivity index is 1.53. The van der Waals surface area contributed by atoms with Gasteiger partial charge in [0, 0.05) is 32.0 Å². The maximum absolute atomic E-state index is 13.5. The zero-order chi connectivity index (χ0) is 16.8. The standard InChI is InChI=1S/C17H19FN4O2/c18-15-4-2-1-3-13(15)5-6-19-17-20-11-14(12-21-17)16(23)22-7-9-24-10-8-22/h1-4,11-12H,5-10H2,(H,19,20,21). The number of hydrogen-bond acceptors (Lipinski definition) is 5. The second-order valence-electron chi connectivity index (χ2n) is 5.47. The minimum absolute atomic E-state index is 0.0868. The smallest absolute Gasteiger partial charge is 0.257 e. The molecule has 0 spiro atoms. The topological polar surface area (TPSA) is 67.4 Å². The van der Waals surface area contributed by atoms with Gasteiger partial charge in [0.15, 0.2) is 0 Å². The Morgan fingerprint density at radius 2 is 1.92 bits per heavy atom. The summed E-state index contributed by atoms with van der Waals surface area (Å²) < 4.78 is 18.8. The summed E-state index contributed by atoms with van der Waals surface area (Å²) in [5, 5.41) is 3.03. The Morgan fingerprint density at radius 3 is 2.62 bits per heavy atom. The quantitative estimate of drug-likeness (QED) is 0.904. The van der Waals surface area contributed by atoms with Crippen LogP contribution in [-0.4, -0.2) is 53.6 Å². The molecule has 1 aliphatic heterocycles. The van der Waals surface area contributed by atoms with E-state index in [0.717, 1.165) is 0 Å². The number of aromatic nitrogens is 2. The second-order valence-corrected chi connectivity index (χ2v) is 5.47. The van der Waals surface area contributed by atoms with Crippen LogP contribution in [0.25, 0.3) is 0 Å². The van der Waals surface area contributed by atoms with E-state index in [2.05, 4.69) is 15.3 Å². The molecule has 24 heavy (non-hydrogen) atoms. The number of carbonyl (C=O) groups excluding carboxylic acids is 1. The zero-order valence-corrected chi connectivity index (χ0v) is 13.2. The fraction of sp³-hybridized carbons (Fsp3) is 0.353. The highest BCUT2D eigenvalue weighted by molar-refractivity contribution is 5.93. The molecule has 0 radical (unpaired) electrons. The Hall–Kier alpha value is -2.54. The largest absolute Gasteiger partial charge is 0.378 e. The van der Waals surface area contributed by atoms with Crippen molar-refractivity contribution in [1.82, 2.24) is 14.9 Å². The van der Waals surface area contributed by atoms with Gasteiger partial charge in [-0.1, -0.05) is 18.2 Å². The van der Waals surface area contributed by atoms with E-state index in [0.29, 0.717) is 56.3 Å². The molecule has 0 saturated carbocycles. The van der Waals surface area contributed by atoms with E-state index in [1.165, 1.54) is 18.5 Å². The number of ether oxygens (including phenoxy) is 1. The minimum Gasteiger partial charge on any atom is -0.378 e. The number of rotatable bonds is 5. The molecule has 1 aromatic carbocycles. The SMILES string of the molecule is O=C(c1cnc(NCCc2ccccc2F)nc1)N1CCOCC1. The van der Waals surface area contributed by atoms with Crippen molar-refractivity contribution in [1.29, 1.82) is 0 Å². The molecule has 1 aliphatic rings. The molecule has 0 aliphatic carbocycles. The minimum atomic E-state index is -0.216. The summed E-state index contributed by atoms with van der Waals surface area (Å²) in [6.45, 7) is 2.80. The van der Waals surface area contributed by atoms with Crippen molar-refractivity contribution in [2.75, 3.05) is 38.2 Å². The van der Waals surface area contributed by atoms with Gasteiger partial charge in [-0.05, 0) is 18.1 Å². The molecule has 0 atom stereocenters. The monoisotopic (exact) mass is 330 g/mol. The third-order valence-electron chi connectivity index (χ3n) is 3.83. The maximum Gasteiger partial charge on any atom is 0.257 e. The van der Waals surface area contributed by atoms with E-state index in [-0.39, 0.29) is 11.7 Å². The molecule has 3 rings (SSSR count). The summed E-state index contributed by atoms with van der Waals surface area (Å²) in [4.78, 5) is 22.3. The van der Waals surface area contributed by atoms with Gasteiger partial charge < -0.3 is 15.0 Å². The number of nitrogens with one attached hydrogen (secondary N) is 1. The molecule has 2 heterocycles. The highest BCUT2D eigenvalue weighted by Crippen LogP contribution is 2.09. The van der Waals surface area contributed by atoms with Gasteiger partial charge in [0.2, 0.25) is 5.95 Å². The van der Waals surface area contributed by atoms with E-state index in [9.17, 15) is 9.18 Å². The molecule has 126 valence electrons. The van der Waals surface area contributed by atoms with Gasteiger partial charge in [-0.3, -0.25) is 4.79 Å². The lowest BCUT2D eigenvalue weighted by Gasteiger charge is -2.26. The van der Waals surface area contributed by atoms with Crippen LogP contribution in [0.2, 0.25) is 0 Å². The highest BCUT2D eigenvalue weighted by Gasteiger charge is 2.19. The average Bonchev–Trinajstić information content (AvgIpc) is 2.64. The van der Waals surface area contributed by atoms with Crippen LogP contribution in [0.15, 0.2) is 36.7 Å². The summed E-state index contributed by atoms with van der Waals surface area (Å²) >= 11 is 0. The molecule has 1 amide bonds. The first-order chi connectivity index (χ1) is 11.7. The van der Waals surface area contributed by atoms with Gasteiger partial charge in [0.1, 0.15) is 5.82 Å². The van der Waals surface area contributed by atoms with Crippen molar-refractivity contribution in [2.45, 2.75) is 6.42 Å². The number of hydrogen-bond donors (Lipinski definition) is 1. The van der Waals surface area contributed by atoms with E-state index in [1.54, 1.807) is 23.1 Å². The van der Waals surface area contributed by atoms with Crippen LogP contribution in [0.3, 0.4) is 0 Å². The third kappa shape index (κ3) is 4.05. The number of anilines is 1. The molecule has 6 nitrogen and oxygen atoms in total. The summed E-state index contributed by atoms with van der Waals surface area (Å²) in [7, 11) is 0. The van der Waals surface area contributed by atoms with E-state index < -0.39 is 0 Å². The van der Waals surface area contributed by atoms with Crippen LogP contribution in [-0.2, 0) is 11.2 Å². The lowest BCUT2D eigenvalue weighted by molar-refractivity contribution is 0.0302. The van der Waals surface area contributed by atoms with Gasteiger partial charge in [-0.25, -0.2) is 14.4 Å². The first-order valence-corrected chi connectivity index (χ1v) is 7.90. The van der Waals surface area contributed by atoms with Gasteiger partial charge in [0.05, 0.1) is 18.8 Å². The molecule has 0 unspecified atom stereocenters. The van der Waals surface area contributed by atoms with Gasteiger partial charge in [-0.2, -0.15) is 0 Å². The fourth-order valence-corrected chi connectivity index (χ4v) is 2.49. The molecule has 1 saturated heterocycles. The lowest BCUT2D eigenvalue weighted by Crippen LogP contribution is -2.40. The number of amides is 1. The van der Waals surface area contributed by atoms with Crippen LogP contribution >= 0.6 is 0 Å². The van der Waals surface area contributed by atoms with Gasteiger partial charge in [0.25, 0.3) is 5.91 Å². The fourth-order valence-electron chi connectivity index (χ4n) is 2.49. The molecule has 1 N–H and O–H groups in total. The number of carbonyl (C=O) groups is 1. The van der Waals surface area contributed by atoms with Gasteiger partial charge >= 0.3 is 0 Å². The third-order valence-corrected chi connectivity index (χ3v) is 3.83. The number of benzene rings is 1. The van der Waals surface area contributed by atoms with Crippen molar-refractivity contribution in [3.8, 4) is 0 Å². The Labute approximate surface area is 139 Å². The van der Waals surface area contributed by atoms with E-state index in [4.69, 9.17) is 4.74 Å². The summed E-state index contributed by atoms with van der Waals surface area (Å²) in [5.74, 6) is 0.118. The predicted molar refractivity (Wildman–Crippen MR) is 87.3 cm³/mol. The summed E-state index contributed by atoms with van der Waals surface area (Å²) in [6.07, 6.45) is 3.55. The van der Waals surface area contributed by atoms with Crippen molar-refractivity contribution in [2.24, 2.45) is 0 Å². The van der Waals surface area contributed by atoms with Crippen molar-refractivity contribution < 1.29 is 13.9 Å². The van der Waals surface area contributed by atoms with E-state index in [1.807, 2.05) is 0 Å². The van der Waals surface area contributed by atoms with Crippen molar-refractivity contribution >= 4 is 11.9 Å². The molecular formula is C17H19FN4O2. The van der Waals surface area contributed by atoms with Crippen LogP contribution in [0.1, 0.15) is 15.9 Å². The Morgan fingerprint density at radius 1 is 1.21 bits per heavy atom. The Kier molecular flexibility index (Phi) is 5.32. The first kappa shape index (κ1) is 16.3. The maximum atomic E-state index is 13.5. The Bertz CT molecular complexity index is 687. The van der Waals surface area contributed by atoms with Crippen molar-refractivity contribution in [3.05, 3.63) is 53.6 Å². The zero-order valence-electron chi connectivity index (χ0n) is 13.2. The summed E-state index contributed by atoms with van der Waals surface area (Å²) in [6, 6.07) is 6.67. The molecule has 1 aromatic heterocycles. The number of morpholine rings is 1. The van der Waals surface area contributed by atoms with Gasteiger partial charge in [-0.15, -0.1) is 0 Å². The second kappa shape index (κ2) is 7.83. The molecule has 0 bridgehead atoms. The number of nitrogens with zero attached hydrogens (tertiary/aromatic N) is 3. The van der Waals surface area contributed by atoms with E-state index >= 15 is 0 Å². The van der Waals surface area contributed by atoms with Crippen LogP contribution in [0, 0.1) is 5.82 Å². The number of halogens is 1. The van der Waals surface area contributed by atoms with Crippen LogP contribution < -0.4 is 5.32 Å². The summed E-state index contributed by atoms with van der Waals surface area (Å²) in [5.41, 5.74) is 1.10. The molecule has 1 fully saturated rings. The molecular weight excluding hydrogens is 311 g/mol. The average molecular weight is 330 g/mol. The van der Waals surface area contributed by atoms with Crippen LogP contribution in [0.4, 0.5) is 10.3 Å². The highest BCUT2D eigenvalue weighted by atomic mass is 19.1. The molecule has 2 aromatic rings. The lowest BCUT2D eigenvalue weighted by atomic mass is 10.1.